The van der Waals surface area contributed by atoms with Crippen molar-refractivity contribution in [1.29, 1.82) is 0 Å². The number of fused-ring (bicyclic) bond motifs is 1. The Bertz CT molecular complexity index is 1170. The zero-order valence-corrected chi connectivity index (χ0v) is 18.3. The number of alkyl halides is 3. The van der Waals surface area contributed by atoms with Gasteiger partial charge in [0.1, 0.15) is 5.82 Å². The van der Waals surface area contributed by atoms with Gasteiger partial charge in [-0.25, -0.2) is 0 Å². The van der Waals surface area contributed by atoms with E-state index in [0.717, 1.165) is 11.3 Å². The minimum Gasteiger partial charge on any atom is -0.376 e. The molecule has 1 saturated heterocycles. The molecule has 1 aliphatic rings. The highest BCUT2D eigenvalue weighted by molar-refractivity contribution is 5.85. The molecule has 1 fully saturated rings. The van der Waals surface area contributed by atoms with Crippen molar-refractivity contribution in [3.8, 4) is 0 Å². The van der Waals surface area contributed by atoms with Gasteiger partial charge in [0.25, 0.3) is 11.7 Å². The molecule has 0 unspecified atom stereocenters. The highest BCUT2D eigenvalue weighted by Crippen LogP contribution is 2.28. The molecule has 2 amide bonds. The molecule has 0 aliphatic carbocycles. The van der Waals surface area contributed by atoms with Crippen LogP contribution in [0.5, 0.6) is 0 Å². The standard InChI is InChI=1S/C21H23F3N8O2/c1-13-2-4-15(5-3-13)25-12-18(33)27-28-19(34)14-8-10-31(11-9-14)17-7-6-16-26-29-20(21(22,23)24)32(16)30-17/h2-7,14,25H,8-12H2,1H3,(H,27,33)(H,28,34). The third-order valence-electron chi connectivity index (χ3n) is 5.52. The van der Waals surface area contributed by atoms with E-state index in [-0.39, 0.29) is 24.0 Å². The fourth-order valence-electron chi connectivity index (χ4n) is 3.63. The summed E-state index contributed by atoms with van der Waals surface area (Å²) < 4.78 is 39.9. The van der Waals surface area contributed by atoms with E-state index >= 15 is 0 Å². The second kappa shape index (κ2) is 9.53. The summed E-state index contributed by atoms with van der Waals surface area (Å²) in [6.45, 7) is 2.80. The average Bonchev–Trinajstić information content (AvgIpc) is 3.26. The molecule has 0 bridgehead atoms. The van der Waals surface area contributed by atoms with Gasteiger partial charge < -0.3 is 10.2 Å². The van der Waals surface area contributed by atoms with Gasteiger partial charge in [0.2, 0.25) is 5.91 Å². The first-order valence-corrected chi connectivity index (χ1v) is 10.6. The van der Waals surface area contributed by atoms with Crippen molar-refractivity contribution in [3.05, 3.63) is 47.8 Å². The van der Waals surface area contributed by atoms with Gasteiger partial charge in [-0.2, -0.15) is 17.7 Å². The van der Waals surface area contributed by atoms with Crippen LogP contribution in [0, 0.1) is 12.8 Å². The van der Waals surface area contributed by atoms with E-state index in [1.807, 2.05) is 31.2 Å². The third-order valence-corrected chi connectivity index (χ3v) is 5.52. The number of aromatic nitrogens is 4. The summed E-state index contributed by atoms with van der Waals surface area (Å²) in [5.41, 5.74) is 6.73. The van der Waals surface area contributed by atoms with Crippen LogP contribution >= 0.6 is 0 Å². The number of hydrazine groups is 1. The second-order valence-electron chi connectivity index (χ2n) is 8.00. The van der Waals surface area contributed by atoms with Gasteiger partial charge in [-0.15, -0.1) is 15.3 Å². The summed E-state index contributed by atoms with van der Waals surface area (Å²) in [5.74, 6) is -1.90. The summed E-state index contributed by atoms with van der Waals surface area (Å²) in [5, 5.41) is 13.7. The van der Waals surface area contributed by atoms with Gasteiger partial charge in [-0.05, 0) is 44.0 Å². The molecule has 4 rings (SSSR count). The zero-order valence-electron chi connectivity index (χ0n) is 18.3. The number of amides is 2. The van der Waals surface area contributed by atoms with Crippen LogP contribution in [0.15, 0.2) is 36.4 Å². The van der Waals surface area contributed by atoms with Gasteiger partial charge in [0.05, 0.1) is 6.54 Å². The van der Waals surface area contributed by atoms with Crippen LogP contribution in [0.2, 0.25) is 0 Å². The molecule has 0 atom stereocenters. The number of rotatable bonds is 5. The summed E-state index contributed by atoms with van der Waals surface area (Å²) in [6.07, 6.45) is -3.76. The van der Waals surface area contributed by atoms with Crippen molar-refractivity contribution < 1.29 is 22.8 Å². The molecule has 3 heterocycles. The van der Waals surface area contributed by atoms with Crippen molar-refractivity contribution in [2.24, 2.45) is 5.92 Å². The van der Waals surface area contributed by atoms with Crippen molar-refractivity contribution >= 4 is 29.0 Å². The van der Waals surface area contributed by atoms with Crippen molar-refractivity contribution in [2.45, 2.75) is 25.9 Å². The Balaban J connectivity index is 1.26. The number of benzene rings is 1. The number of carbonyl (C=O) groups excluding carboxylic acids is 2. The van der Waals surface area contributed by atoms with Gasteiger partial charge in [0.15, 0.2) is 5.65 Å². The van der Waals surface area contributed by atoms with Crippen molar-refractivity contribution in [2.75, 3.05) is 29.9 Å². The Morgan fingerprint density at radius 2 is 1.74 bits per heavy atom. The maximum atomic E-state index is 13.1. The molecule has 0 spiro atoms. The first kappa shape index (κ1) is 23.3. The average molecular weight is 476 g/mol. The molecule has 13 heteroatoms. The molecular weight excluding hydrogens is 453 g/mol. The van der Waals surface area contributed by atoms with Crippen molar-refractivity contribution in [1.82, 2.24) is 30.7 Å². The summed E-state index contributed by atoms with van der Waals surface area (Å²) in [7, 11) is 0. The quantitative estimate of drug-likeness (QED) is 0.482. The number of hydrogen-bond donors (Lipinski definition) is 3. The van der Waals surface area contributed by atoms with Gasteiger partial charge in [0, 0.05) is 24.7 Å². The molecule has 3 aromatic rings. The maximum Gasteiger partial charge on any atom is 0.453 e. The molecule has 3 N–H and O–H groups in total. The van der Waals surface area contributed by atoms with E-state index in [1.165, 1.54) is 6.07 Å². The van der Waals surface area contributed by atoms with E-state index in [1.54, 1.807) is 11.0 Å². The number of anilines is 2. The predicted octanol–water partition coefficient (Wildman–Crippen LogP) is 1.93. The molecule has 0 saturated carbocycles. The molecule has 10 nitrogen and oxygen atoms in total. The number of nitrogens with zero attached hydrogens (tertiary/aromatic N) is 5. The number of nitrogens with one attached hydrogen (secondary N) is 3. The minimum atomic E-state index is -4.67. The van der Waals surface area contributed by atoms with Gasteiger partial charge >= 0.3 is 6.18 Å². The van der Waals surface area contributed by atoms with E-state index in [4.69, 9.17) is 0 Å². The Kier molecular flexibility index (Phi) is 6.52. The summed E-state index contributed by atoms with van der Waals surface area (Å²) in [6, 6.07) is 10.5. The van der Waals surface area contributed by atoms with Gasteiger partial charge in [-0.1, -0.05) is 17.7 Å². The predicted molar refractivity (Wildman–Crippen MR) is 117 cm³/mol. The lowest BCUT2D eigenvalue weighted by Crippen LogP contribution is -2.48. The van der Waals surface area contributed by atoms with Crippen LogP contribution in [-0.2, 0) is 15.8 Å². The smallest absolute Gasteiger partial charge is 0.376 e. The highest BCUT2D eigenvalue weighted by atomic mass is 19.4. The third kappa shape index (κ3) is 5.35. The fourth-order valence-corrected chi connectivity index (χ4v) is 3.63. The molecular formula is C21H23F3N8O2. The lowest BCUT2D eigenvalue weighted by atomic mass is 9.96. The first-order valence-electron chi connectivity index (χ1n) is 10.6. The second-order valence-corrected chi connectivity index (χ2v) is 8.00. The number of carbonyl (C=O) groups is 2. The molecule has 1 aliphatic heterocycles. The molecule has 2 aromatic heterocycles. The van der Waals surface area contributed by atoms with E-state index in [9.17, 15) is 22.8 Å². The maximum absolute atomic E-state index is 13.1. The van der Waals surface area contributed by atoms with Crippen LogP contribution in [0.3, 0.4) is 0 Å². The zero-order chi connectivity index (χ0) is 24.3. The minimum absolute atomic E-state index is 0.00104. The summed E-state index contributed by atoms with van der Waals surface area (Å²) >= 11 is 0. The Morgan fingerprint density at radius 3 is 2.41 bits per heavy atom. The topological polar surface area (TPSA) is 117 Å². The van der Waals surface area contributed by atoms with Gasteiger partial charge in [-0.3, -0.25) is 20.4 Å². The van der Waals surface area contributed by atoms with Crippen LogP contribution in [0.25, 0.3) is 5.65 Å². The molecule has 1 aromatic carbocycles. The van der Waals surface area contributed by atoms with Crippen LogP contribution in [0.4, 0.5) is 24.7 Å². The highest BCUT2D eigenvalue weighted by Gasteiger charge is 2.38. The first-order chi connectivity index (χ1) is 16.2. The van der Waals surface area contributed by atoms with Crippen LogP contribution < -0.4 is 21.1 Å². The monoisotopic (exact) mass is 476 g/mol. The molecule has 180 valence electrons. The Labute approximate surface area is 192 Å². The number of piperidine rings is 1. The Hall–Kier alpha value is -3.90. The normalized spacial score (nSPS) is 14.8. The fraction of sp³-hybridized carbons (Fsp3) is 0.381. The number of hydrogen-bond acceptors (Lipinski definition) is 7. The van der Waals surface area contributed by atoms with E-state index in [0.29, 0.717) is 36.3 Å². The van der Waals surface area contributed by atoms with Crippen molar-refractivity contribution in [3.63, 3.8) is 0 Å². The SMILES string of the molecule is Cc1ccc(NCC(=O)NNC(=O)C2CCN(c3ccc4nnc(C(F)(F)F)n4n3)CC2)cc1. The van der Waals surface area contributed by atoms with Crippen LogP contribution in [-0.4, -0.2) is 51.3 Å². The summed E-state index contributed by atoms with van der Waals surface area (Å²) in [4.78, 5) is 26.2. The molecule has 34 heavy (non-hydrogen) atoms. The number of halogens is 3. The van der Waals surface area contributed by atoms with E-state index in [2.05, 4.69) is 31.5 Å². The lowest BCUT2D eigenvalue weighted by molar-refractivity contribution is -0.146. The molecule has 0 radical (unpaired) electrons. The lowest BCUT2D eigenvalue weighted by Gasteiger charge is -2.32. The number of aryl methyl sites for hydroxylation is 1. The van der Waals surface area contributed by atoms with Crippen LogP contribution in [0.1, 0.15) is 24.2 Å². The largest absolute Gasteiger partial charge is 0.453 e. The van der Waals surface area contributed by atoms with E-state index < -0.39 is 17.9 Å². The Morgan fingerprint density at radius 1 is 1.03 bits per heavy atom.